The summed E-state index contributed by atoms with van der Waals surface area (Å²) in [6, 6.07) is 0.585. The van der Waals surface area contributed by atoms with Crippen molar-refractivity contribution in [1.29, 1.82) is 0 Å². The first-order valence-electron chi connectivity index (χ1n) is 8.25. The van der Waals surface area contributed by atoms with Crippen molar-refractivity contribution in [3.63, 3.8) is 0 Å². The van der Waals surface area contributed by atoms with Gasteiger partial charge >= 0.3 is 12.0 Å². The summed E-state index contributed by atoms with van der Waals surface area (Å²) in [5, 5.41) is 11.9. The second-order valence-electron chi connectivity index (χ2n) is 6.30. The largest absolute Gasteiger partial charge is 0.481 e. The second kappa shape index (κ2) is 8.90. The van der Waals surface area contributed by atoms with Crippen molar-refractivity contribution in [2.75, 3.05) is 6.54 Å². The van der Waals surface area contributed by atoms with Gasteiger partial charge in [-0.1, -0.05) is 26.7 Å². The molecule has 2 amide bonds. The third kappa shape index (κ3) is 6.82. The van der Waals surface area contributed by atoms with E-state index in [4.69, 9.17) is 5.11 Å². The van der Waals surface area contributed by atoms with Crippen LogP contribution >= 0.6 is 0 Å². The summed E-state index contributed by atoms with van der Waals surface area (Å²) in [5.74, 6) is -1.05. The molecule has 0 aromatic carbocycles. The first kappa shape index (κ1) is 17.8. The van der Waals surface area contributed by atoms with Gasteiger partial charge in [-0.05, 0) is 39.0 Å². The van der Waals surface area contributed by atoms with Crippen LogP contribution in [0, 0.1) is 5.92 Å². The molecule has 0 bridgehead atoms. The molecule has 1 saturated carbocycles. The Labute approximate surface area is 128 Å². The van der Waals surface area contributed by atoms with E-state index >= 15 is 0 Å². The number of carbonyl (C=O) groups excluding carboxylic acids is 1. The maximum Gasteiger partial charge on any atom is 0.317 e. The summed E-state index contributed by atoms with van der Waals surface area (Å²) in [4.78, 5) is 25.0. The number of carboxylic acid groups (broad SMARTS) is 1. The van der Waals surface area contributed by atoms with Crippen LogP contribution in [-0.2, 0) is 4.79 Å². The van der Waals surface area contributed by atoms with Gasteiger partial charge in [0.2, 0.25) is 0 Å². The molecule has 0 aromatic rings. The molecule has 1 aliphatic rings. The number of hydrogen-bond acceptors (Lipinski definition) is 2. The van der Waals surface area contributed by atoms with Gasteiger partial charge in [-0.2, -0.15) is 0 Å². The molecular weight excluding hydrogens is 268 g/mol. The monoisotopic (exact) mass is 298 g/mol. The predicted molar refractivity (Wildman–Crippen MR) is 83.3 cm³/mol. The van der Waals surface area contributed by atoms with Gasteiger partial charge in [-0.3, -0.25) is 4.79 Å². The smallest absolute Gasteiger partial charge is 0.317 e. The molecule has 0 heterocycles. The average Bonchev–Trinajstić information content (AvgIpc) is 3.23. The van der Waals surface area contributed by atoms with Crippen LogP contribution in [-0.4, -0.2) is 40.6 Å². The number of carboxylic acids is 1. The number of urea groups is 1. The van der Waals surface area contributed by atoms with E-state index in [2.05, 4.69) is 12.2 Å². The Morgan fingerprint density at radius 3 is 2.43 bits per heavy atom. The SMILES string of the molecule is CCCCN(C(=O)NC(C)CCCC(C)C(=O)O)C1CC1. The maximum absolute atomic E-state index is 12.3. The Morgan fingerprint density at radius 1 is 1.24 bits per heavy atom. The van der Waals surface area contributed by atoms with E-state index in [1.807, 2.05) is 11.8 Å². The standard InChI is InChI=1S/C16H30N2O3/c1-4-5-11-18(14-9-10-14)16(21)17-13(3)8-6-7-12(2)15(19)20/h12-14H,4-11H2,1-3H3,(H,17,21)(H,19,20). The van der Waals surface area contributed by atoms with Crippen LogP contribution in [0.5, 0.6) is 0 Å². The molecule has 0 radical (unpaired) electrons. The number of nitrogens with zero attached hydrogens (tertiary/aromatic N) is 1. The van der Waals surface area contributed by atoms with Crippen molar-refractivity contribution >= 4 is 12.0 Å². The molecule has 2 N–H and O–H groups in total. The van der Waals surface area contributed by atoms with Crippen molar-refractivity contribution in [3.05, 3.63) is 0 Å². The highest BCUT2D eigenvalue weighted by atomic mass is 16.4. The zero-order valence-electron chi connectivity index (χ0n) is 13.6. The van der Waals surface area contributed by atoms with Crippen molar-refractivity contribution < 1.29 is 14.7 Å². The van der Waals surface area contributed by atoms with E-state index < -0.39 is 5.97 Å². The van der Waals surface area contributed by atoms with Crippen molar-refractivity contribution in [3.8, 4) is 0 Å². The van der Waals surface area contributed by atoms with E-state index in [1.165, 1.54) is 0 Å². The maximum atomic E-state index is 12.3. The van der Waals surface area contributed by atoms with Gasteiger partial charge in [0, 0.05) is 18.6 Å². The zero-order chi connectivity index (χ0) is 15.8. The molecule has 0 spiro atoms. The molecule has 1 aliphatic carbocycles. The van der Waals surface area contributed by atoms with E-state index in [9.17, 15) is 9.59 Å². The van der Waals surface area contributed by atoms with Crippen LogP contribution in [0.4, 0.5) is 4.79 Å². The number of hydrogen-bond donors (Lipinski definition) is 2. The minimum absolute atomic E-state index is 0.0460. The average molecular weight is 298 g/mol. The van der Waals surface area contributed by atoms with Crippen molar-refractivity contribution in [2.45, 2.75) is 77.8 Å². The van der Waals surface area contributed by atoms with Gasteiger partial charge in [0.25, 0.3) is 0 Å². The molecule has 2 atom stereocenters. The Balaban J connectivity index is 2.26. The first-order chi connectivity index (χ1) is 9.95. The summed E-state index contributed by atoms with van der Waals surface area (Å²) in [5.41, 5.74) is 0. The molecule has 0 aliphatic heterocycles. The third-order valence-electron chi connectivity index (χ3n) is 4.07. The molecule has 1 fully saturated rings. The molecule has 2 unspecified atom stereocenters. The number of aliphatic carboxylic acids is 1. The molecule has 5 nitrogen and oxygen atoms in total. The molecule has 5 heteroatoms. The summed E-state index contributed by atoms with van der Waals surface area (Å²) in [7, 11) is 0. The fourth-order valence-electron chi connectivity index (χ4n) is 2.38. The predicted octanol–water partition coefficient (Wildman–Crippen LogP) is 3.24. The Bertz CT molecular complexity index is 342. The number of unbranched alkanes of at least 4 members (excludes halogenated alkanes) is 1. The Kier molecular flexibility index (Phi) is 7.54. The molecule has 21 heavy (non-hydrogen) atoms. The van der Waals surface area contributed by atoms with E-state index in [0.29, 0.717) is 12.5 Å². The van der Waals surface area contributed by atoms with Crippen LogP contribution in [0.2, 0.25) is 0 Å². The van der Waals surface area contributed by atoms with Gasteiger partial charge in [0.05, 0.1) is 5.92 Å². The lowest BCUT2D eigenvalue weighted by molar-refractivity contribution is -0.141. The lowest BCUT2D eigenvalue weighted by Crippen LogP contribution is -2.45. The van der Waals surface area contributed by atoms with Crippen LogP contribution < -0.4 is 5.32 Å². The number of amides is 2. The highest BCUT2D eigenvalue weighted by molar-refractivity contribution is 5.75. The minimum Gasteiger partial charge on any atom is -0.481 e. The van der Waals surface area contributed by atoms with Gasteiger partial charge < -0.3 is 15.3 Å². The Hall–Kier alpha value is -1.26. The molecule has 122 valence electrons. The summed E-state index contributed by atoms with van der Waals surface area (Å²) < 4.78 is 0. The van der Waals surface area contributed by atoms with Crippen LogP contribution in [0.1, 0.15) is 65.7 Å². The Morgan fingerprint density at radius 2 is 1.90 bits per heavy atom. The fourth-order valence-corrected chi connectivity index (χ4v) is 2.38. The van der Waals surface area contributed by atoms with Crippen molar-refractivity contribution in [2.24, 2.45) is 5.92 Å². The van der Waals surface area contributed by atoms with E-state index in [0.717, 1.165) is 45.1 Å². The summed E-state index contributed by atoms with van der Waals surface area (Å²) >= 11 is 0. The topological polar surface area (TPSA) is 69.6 Å². The molecule has 0 saturated heterocycles. The minimum atomic E-state index is -0.744. The zero-order valence-corrected chi connectivity index (χ0v) is 13.6. The second-order valence-corrected chi connectivity index (χ2v) is 6.30. The lowest BCUT2D eigenvalue weighted by atomic mass is 10.0. The highest BCUT2D eigenvalue weighted by Gasteiger charge is 2.32. The fraction of sp³-hybridized carbons (Fsp3) is 0.875. The van der Waals surface area contributed by atoms with Crippen LogP contribution in [0.15, 0.2) is 0 Å². The molecule has 1 rings (SSSR count). The molecule has 0 aromatic heterocycles. The van der Waals surface area contributed by atoms with E-state index in [-0.39, 0.29) is 18.0 Å². The normalized spacial score (nSPS) is 17.1. The van der Waals surface area contributed by atoms with Crippen LogP contribution in [0.3, 0.4) is 0 Å². The summed E-state index contributed by atoms with van der Waals surface area (Å²) in [6.07, 6.45) is 6.72. The van der Waals surface area contributed by atoms with Gasteiger partial charge in [0.15, 0.2) is 0 Å². The quantitative estimate of drug-likeness (QED) is 0.650. The third-order valence-corrected chi connectivity index (χ3v) is 4.07. The first-order valence-corrected chi connectivity index (χ1v) is 8.25. The number of rotatable bonds is 10. The highest BCUT2D eigenvalue weighted by Crippen LogP contribution is 2.27. The van der Waals surface area contributed by atoms with Gasteiger partial charge in [0.1, 0.15) is 0 Å². The van der Waals surface area contributed by atoms with Crippen molar-refractivity contribution in [1.82, 2.24) is 10.2 Å². The number of nitrogens with one attached hydrogen (secondary N) is 1. The van der Waals surface area contributed by atoms with Gasteiger partial charge in [-0.25, -0.2) is 4.79 Å². The van der Waals surface area contributed by atoms with E-state index in [1.54, 1.807) is 6.92 Å². The van der Waals surface area contributed by atoms with Crippen LogP contribution in [0.25, 0.3) is 0 Å². The number of carbonyl (C=O) groups is 2. The molecular formula is C16H30N2O3. The summed E-state index contributed by atoms with van der Waals surface area (Å²) in [6.45, 7) is 6.70. The van der Waals surface area contributed by atoms with Gasteiger partial charge in [-0.15, -0.1) is 0 Å². The lowest BCUT2D eigenvalue weighted by Gasteiger charge is -2.25.